The molecule has 1 N–H and O–H groups in total. The fourth-order valence-electron chi connectivity index (χ4n) is 5.04. The average Bonchev–Trinajstić information content (AvgIpc) is 3.36. The van der Waals surface area contributed by atoms with Crippen LogP contribution in [0.3, 0.4) is 0 Å². The van der Waals surface area contributed by atoms with Crippen molar-refractivity contribution in [1.82, 2.24) is 4.57 Å². The lowest BCUT2D eigenvalue weighted by molar-refractivity contribution is -0.122. The van der Waals surface area contributed by atoms with E-state index in [0.29, 0.717) is 15.6 Å². The number of rotatable bonds is 5. The first-order valence-corrected chi connectivity index (χ1v) is 14.5. The highest BCUT2D eigenvalue weighted by Crippen LogP contribution is 2.54. The van der Waals surface area contributed by atoms with Crippen LogP contribution in [0.4, 0.5) is 20.2 Å². The van der Waals surface area contributed by atoms with E-state index in [1.165, 1.54) is 53.1 Å². The lowest BCUT2D eigenvalue weighted by Gasteiger charge is -2.30. The Kier molecular flexibility index (Phi) is 6.93. The summed E-state index contributed by atoms with van der Waals surface area (Å²) in [5.74, 6) is -3.80. The molecule has 3 heterocycles. The number of fused-ring (bicyclic) bond motifs is 2. The maximum absolute atomic E-state index is 13.8. The summed E-state index contributed by atoms with van der Waals surface area (Å²) in [6.45, 7) is -0.332. The Balaban J connectivity index is 1.41. The van der Waals surface area contributed by atoms with Crippen molar-refractivity contribution in [1.29, 1.82) is 0 Å². The molecular formula is C28H18BrF2N3O4S2. The van der Waals surface area contributed by atoms with Crippen LogP contribution < -0.4 is 15.1 Å². The maximum atomic E-state index is 13.8. The summed E-state index contributed by atoms with van der Waals surface area (Å²) in [6.07, 6.45) is 0. The fraction of sp³-hybridized carbons (Fsp3) is 0.143. The summed E-state index contributed by atoms with van der Waals surface area (Å²) in [5.41, 5.74) is 1.37. The number of aromatic nitrogens is 1. The molecule has 0 bridgehead atoms. The number of hydrogen-bond donors (Lipinski definition) is 1. The van der Waals surface area contributed by atoms with Crippen LogP contribution in [-0.2, 0) is 20.9 Å². The van der Waals surface area contributed by atoms with Crippen molar-refractivity contribution in [3.05, 3.63) is 109 Å². The van der Waals surface area contributed by atoms with Crippen LogP contribution in [0.1, 0.15) is 16.4 Å². The third-order valence-electron chi connectivity index (χ3n) is 6.77. The van der Waals surface area contributed by atoms with E-state index < -0.39 is 51.3 Å². The van der Waals surface area contributed by atoms with Crippen molar-refractivity contribution in [2.75, 3.05) is 10.2 Å². The Morgan fingerprint density at radius 1 is 0.925 bits per heavy atom. The minimum atomic E-state index is -0.866. The first kappa shape index (κ1) is 26.6. The molecule has 6 rings (SSSR count). The molecule has 3 atom stereocenters. The average molecular weight is 643 g/mol. The van der Waals surface area contributed by atoms with Crippen molar-refractivity contribution >= 4 is 68.1 Å². The first-order chi connectivity index (χ1) is 19.2. The van der Waals surface area contributed by atoms with Crippen LogP contribution in [0.15, 0.2) is 87.1 Å². The Labute approximate surface area is 242 Å². The third kappa shape index (κ3) is 4.69. The Morgan fingerprint density at radius 2 is 1.60 bits per heavy atom. The van der Waals surface area contributed by atoms with Gasteiger partial charge in [-0.3, -0.25) is 23.7 Å². The molecule has 0 spiro atoms. The number of halogens is 3. The van der Waals surface area contributed by atoms with E-state index in [-0.39, 0.29) is 12.2 Å². The van der Waals surface area contributed by atoms with Crippen LogP contribution in [0.25, 0.3) is 0 Å². The van der Waals surface area contributed by atoms with E-state index >= 15 is 0 Å². The number of carbonyl (C=O) groups is 3. The maximum Gasteiger partial charge on any atom is 0.308 e. The van der Waals surface area contributed by atoms with E-state index in [1.807, 2.05) is 24.3 Å². The molecule has 12 heteroatoms. The van der Waals surface area contributed by atoms with Crippen molar-refractivity contribution < 1.29 is 23.2 Å². The molecule has 2 unspecified atom stereocenters. The molecule has 2 aliphatic heterocycles. The SMILES string of the molecule is O=C(Cn1c2c(sc1=O)[C@H](c1cccc(Br)c1)C1C(=O)N(c3ccc(F)cc3)C(=O)C1S2)Nc1ccc(F)cc1. The summed E-state index contributed by atoms with van der Waals surface area (Å²) >= 11 is 5.49. The topological polar surface area (TPSA) is 88.5 Å². The van der Waals surface area contributed by atoms with Gasteiger partial charge in [0.25, 0.3) is 0 Å². The highest BCUT2D eigenvalue weighted by Gasteiger charge is 2.56. The van der Waals surface area contributed by atoms with Crippen LogP contribution in [0.5, 0.6) is 0 Å². The molecule has 7 nitrogen and oxygen atoms in total. The summed E-state index contributed by atoms with van der Waals surface area (Å²) in [4.78, 5) is 54.8. The number of nitrogens with zero attached hydrogens (tertiary/aromatic N) is 2. The van der Waals surface area contributed by atoms with Crippen LogP contribution in [-0.4, -0.2) is 27.5 Å². The second-order valence-corrected chi connectivity index (χ2v) is 12.3. The minimum absolute atomic E-state index is 0.263. The second-order valence-electron chi connectivity index (χ2n) is 9.26. The molecule has 3 amide bonds. The Bertz CT molecular complexity index is 1720. The third-order valence-corrected chi connectivity index (χ3v) is 9.87. The van der Waals surface area contributed by atoms with Crippen molar-refractivity contribution in [3.63, 3.8) is 0 Å². The molecule has 202 valence electrons. The summed E-state index contributed by atoms with van der Waals surface area (Å²) < 4.78 is 28.9. The molecule has 1 aromatic heterocycles. The van der Waals surface area contributed by atoms with E-state index in [0.717, 1.165) is 38.0 Å². The summed E-state index contributed by atoms with van der Waals surface area (Å²) in [6, 6.07) is 17.7. The second kappa shape index (κ2) is 10.4. The van der Waals surface area contributed by atoms with Crippen LogP contribution >= 0.6 is 39.0 Å². The monoisotopic (exact) mass is 641 g/mol. The van der Waals surface area contributed by atoms with Gasteiger partial charge in [0.05, 0.1) is 16.6 Å². The molecule has 0 saturated carbocycles. The zero-order chi connectivity index (χ0) is 28.1. The number of thiazole rings is 1. The van der Waals surface area contributed by atoms with Gasteiger partial charge in [0.2, 0.25) is 17.7 Å². The van der Waals surface area contributed by atoms with Gasteiger partial charge in [-0.25, -0.2) is 13.7 Å². The number of hydrogen-bond acceptors (Lipinski definition) is 6. The molecule has 4 aromatic rings. The fourth-order valence-corrected chi connectivity index (χ4v) is 8.23. The van der Waals surface area contributed by atoms with Gasteiger partial charge in [0, 0.05) is 21.0 Å². The number of anilines is 2. The number of benzene rings is 3. The van der Waals surface area contributed by atoms with Gasteiger partial charge in [0.1, 0.15) is 23.4 Å². The van der Waals surface area contributed by atoms with Crippen molar-refractivity contribution in [2.24, 2.45) is 5.92 Å². The van der Waals surface area contributed by atoms with Crippen LogP contribution in [0, 0.1) is 17.6 Å². The minimum Gasteiger partial charge on any atom is -0.325 e. The molecule has 1 saturated heterocycles. The normalized spacial score (nSPS) is 19.9. The van der Waals surface area contributed by atoms with Gasteiger partial charge in [-0.1, -0.05) is 51.2 Å². The van der Waals surface area contributed by atoms with E-state index in [4.69, 9.17) is 0 Å². The quantitative estimate of drug-likeness (QED) is 0.296. The summed E-state index contributed by atoms with van der Waals surface area (Å²) in [7, 11) is 0. The zero-order valence-electron chi connectivity index (χ0n) is 20.3. The van der Waals surface area contributed by atoms with Gasteiger partial charge in [-0.2, -0.15) is 0 Å². The van der Waals surface area contributed by atoms with E-state index in [2.05, 4.69) is 21.2 Å². The van der Waals surface area contributed by atoms with Crippen LogP contribution in [0.2, 0.25) is 0 Å². The highest BCUT2D eigenvalue weighted by molar-refractivity contribution is 9.10. The van der Waals surface area contributed by atoms with Crippen molar-refractivity contribution in [2.45, 2.75) is 22.7 Å². The lowest BCUT2D eigenvalue weighted by atomic mass is 9.83. The van der Waals surface area contributed by atoms with Gasteiger partial charge in [0.15, 0.2) is 0 Å². The van der Waals surface area contributed by atoms with E-state index in [9.17, 15) is 28.0 Å². The summed E-state index contributed by atoms with van der Waals surface area (Å²) in [5, 5.41) is 2.23. The standard InChI is InChI=1S/C28H18BrF2N3O4S2/c29-15-3-1-2-14(12-15)21-22-23(26(37)34(25(22)36)19-10-6-17(31)7-11-19)39-27-24(21)40-28(38)33(27)13-20(35)32-18-8-4-16(30)5-9-18/h1-12,21-23H,13H2,(H,32,35)/t21-,22?,23?/m1/s1. The number of nitrogens with one attached hydrogen (secondary N) is 1. The molecule has 1 fully saturated rings. The predicted molar refractivity (Wildman–Crippen MR) is 152 cm³/mol. The predicted octanol–water partition coefficient (Wildman–Crippen LogP) is 5.39. The van der Waals surface area contributed by atoms with E-state index in [1.54, 1.807) is 0 Å². The number of thioether (sulfide) groups is 1. The molecule has 40 heavy (non-hydrogen) atoms. The Morgan fingerprint density at radius 3 is 2.27 bits per heavy atom. The highest BCUT2D eigenvalue weighted by atomic mass is 79.9. The van der Waals surface area contributed by atoms with Crippen molar-refractivity contribution in [3.8, 4) is 0 Å². The lowest BCUT2D eigenvalue weighted by Crippen LogP contribution is -2.33. The largest absolute Gasteiger partial charge is 0.325 e. The van der Waals surface area contributed by atoms with Gasteiger partial charge in [-0.15, -0.1) is 0 Å². The smallest absolute Gasteiger partial charge is 0.308 e. The van der Waals surface area contributed by atoms with Gasteiger partial charge < -0.3 is 5.32 Å². The molecule has 2 aliphatic rings. The first-order valence-electron chi connectivity index (χ1n) is 12.1. The number of imide groups is 1. The van der Waals surface area contributed by atoms with Gasteiger partial charge >= 0.3 is 4.87 Å². The molecule has 0 aliphatic carbocycles. The van der Waals surface area contributed by atoms with Gasteiger partial charge in [-0.05, 0) is 66.2 Å². The Hall–Kier alpha value is -3.61. The molecule has 0 radical (unpaired) electrons. The molecular weight excluding hydrogens is 624 g/mol. The molecule has 3 aromatic carbocycles. The zero-order valence-corrected chi connectivity index (χ0v) is 23.6. The number of amides is 3. The number of carbonyl (C=O) groups excluding carboxylic acids is 3.